The van der Waals surface area contributed by atoms with Gasteiger partial charge >= 0.3 is 6.18 Å². The zero-order chi connectivity index (χ0) is 12.5. The molecule has 1 saturated carbocycles. The molecule has 3 N–H and O–H groups in total. The van der Waals surface area contributed by atoms with Crippen LogP contribution in [0.25, 0.3) is 0 Å². The minimum absolute atomic E-state index is 0.142. The van der Waals surface area contributed by atoms with Gasteiger partial charge < -0.3 is 11.1 Å². The lowest BCUT2D eigenvalue weighted by molar-refractivity contribution is -0.165. The summed E-state index contributed by atoms with van der Waals surface area (Å²) in [5.74, 6) is 0. The Labute approximate surface area is 98.0 Å². The predicted octanol–water partition coefficient (Wildman–Crippen LogP) is 2.37. The van der Waals surface area contributed by atoms with E-state index in [0.29, 0.717) is 0 Å². The van der Waals surface area contributed by atoms with Gasteiger partial charge in [0.1, 0.15) is 5.54 Å². The minimum atomic E-state index is -4.18. The van der Waals surface area contributed by atoms with Gasteiger partial charge in [-0.25, -0.2) is 0 Å². The topological polar surface area (TPSA) is 38.0 Å². The molecule has 0 saturated heterocycles. The Morgan fingerprint density at radius 1 is 1.24 bits per heavy atom. The molecule has 0 radical (unpaired) electrons. The maximum atomic E-state index is 12.6. The summed E-state index contributed by atoms with van der Waals surface area (Å²) in [5.41, 5.74) is 5.01. The van der Waals surface area contributed by atoms with Crippen molar-refractivity contribution < 1.29 is 13.2 Å². The second-order valence-electron chi connectivity index (χ2n) is 4.48. The lowest BCUT2D eigenvalue weighted by Gasteiger charge is -2.23. The van der Waals surface area contributed by atoms with Crippen LogP contribution in [0, 0.1) is 0 Å². The highest BCUT2D eigenvalue weighted by Gasteiger charge is 2.63. The second kappa shape index (κ2) is 4.31. The highest BCUT2D eigenvalue weighted by atomic mass is 19.4. The van der Waals surface area contributed by atoms with Crippen molar-refractivity contribution in [1.29, 1.82) is 0 Å². The van der Waals surface area contributed by atoms with Gasteiger partial charge in [0.2, 0.25) is 0 Å². The van der Waals surface area contributed by atoms with Crippen molar-refractivity contribution in [2.75, 3.05) is 6.54 Å². The number of nitrogens with two attached hydrogens (primary N) is 1. The van der Waals surface area contributed by atoms with Crippen molar-refractivity contribution in [3.8, 4) is 0 Å². The molecule has 1 fully saturated rings. The monoisotopic (exact) mass is 244 g/mol. The Kier molecular flexibility index (Phi) is 3.14. The summed E-state index contributed by atoms with van der Waals surface area (Å²) < 4.78 is 37.9. The molecule has 5 heteroatoms. The van der Waals surface area contributed by atoms with Crippen molar-refractivity contribution >= 4 is 0 Å². The van der Waals surface area contributed by atoms with Gasteiger partial charge in [-0.15, -0.1) is 0 Å². The SMILES string of the molecule is NC(CNC1(C(F)(F)F)CC1)c1ccccc1. The Hall–Kier alpha value is -1.07. The zero-order valence-electron chi connectivity index (χ0n) is 9.30. The minimum Gasteiger partial charge on any atom is -0.323 e. The van der Waals surface area contributed by atoms with Gasteiger partial charge in [-0.2, -0.15) is 13.2 Å². The van der Waals surface area contributed by atoms with E-state index in [1.807, 2.05) is 30.3 Å². The van der Waals surface area contributed by atoms with Crippen molar-refractivity contribution in [3.63, 3.8) is 0 Å². The maximum Gasteiger partial charge on any atom is 0.406 e. The van der Waals surface area contributed by atoms with Gasteiger partial charge in [-0.05, 0) is 18.4 Å². The summed E-state index contributed by atoms with van der Waals surface area (Å²) in [4.78, 5) is 0. The first kappa shape index (κ1) is 12.4. The fraction of sp³-hybridized carbons (Fsp3) is 0.500. The molecule has 0 bridgehead atoms. The van der Waals surface area contributed by atoms with Crippen LogP contribution in [-0.4, -0.2) is 18.3 Å². The molecule has 2 nitrogen and oxygen atoms in total. The second-order valence-corrected chi connectivity index (χ2v) is 4.48. The maximum absolute atomic E-state index is 12.6. The van der Waals surface area contributed by atoms with Gasteiger partial charge in [-0.1, -0.05) is 30.3 Å². The average molecular weight is 244 g/mol. The van der Waals surface area contributed by atoms with Crippen molar-refractivity contribution in [2.45, 2.75) is 30.6 Å². The van der Waals surface area contributed by atoms with Crippen molar-refractivity contribution in [1.82, 2.24) is 5.32 Å². The third-order valence-corrected chi connectivity index (χ3v) is 3.18. The van der Waals surface area contributed by atoms with E-state index in [0.717, 1.165) is 5.56 Å². The summed E-state index contributed by atoms with van der Waals surface area (Å²) in [6, 6.07) is 8.73. The summed E-state index contributed by atoms with van der Waals surface area (Å²) in [5, 5.41) is 2.56. The first-order valence-electron chi connectivity index (χ1n) is 5.57. The van der Waals surface area contributed by atoms with Crippen LogP contribution in [0.4, 0.5) is 13.2 Å². The van der Waals surface area contributed by atoms with E-state index >= 15 is 0 Å². The Morgan fingerprint density at radius 2 is 1.82 bits per heavy atom. The highest BCUT2D eigenvalue weighted by molar-refractivity contribution is 5.19. The molecule has 2 rings (SSSR count). The summed E-state index contributed by atoms with van der Waals surface area (Å²) in [6.07, 6.45) is -3.88. The first-order valence-corrected chi connectivity index (χ1v) is 5.57. The summed E-state index contributed by atoms with van der Waals surface area (Å²) in [6.45, 7) is 0.142. The van der Waals surface area contributed by atoms with Crippen molar-refractivity contribution in [2.24, 2.45) is 5.73 Å². The highest BCUT2D eigenvalue weighted by Crippen LogP contribution is 2.48. The van der Waals surface area contributed by atoms with E-state index in [1.54, 1.807) is 0 Å². The van der Waals surface area contributed by atoms with Crippen LogP contribution in [0.15, 0.2) is 30.3 Å². The fourth-order valence-electron chi connectivity index (χ4n) is 1.81. The third kappa shape index (κ3) is 2.61. The molecule has 0 aliphatic heterocycles. The zero-order valence-corrected chi connectivity index (χ0v) is 9.30. The molecule has 1 unspecified atom stereocenters. The lowest BCUT2D eigenvalue weighted by Crippen LogP contribution is -2.47. The van der Waals surface area contributed by atoms with Crippen molar-refractivity contribution in [3.05, 3.63) is 35.9 Å². The number of rotatable bonds is 4. The van der Waals surface area contributed by atoms with Gasteiger partial charge in [0.05, 0.1) is 0 Å². The lowest BCUT2D eigenvalue weighted by atomic mass is 10.1. The molecule has 0 spiro atoms. The molecule has 1 aromatic carbocycles. The van der Waals surface area contributed by atoms with Crippen LogP contribution >= 0.6 is 0 Å². The normalized spacial score (nSPS) is 20.0. The summed E-state index contributed by atoms with van der Waals surface area (Å²) in [7, 11) is 0. The summed E-state index contributed by atoms with van der Waals surface area (Å²) >= 11 is 0. The number of nitrogens with one attached hydrogen (secondary N) is 1. The van der Waals surface area contributed by atoms with Gasteiger partial charge in [0.15, 0.2) is 0 Å². The van der Waals surface area contributed by atoms with E-state index in [2.05, 4.69) is 5.32 Å². The smallest absolute Gasteiger partial charge is 0.323 e. The quantitative estimate of drug-likeness (QED) is 0.853. The number of hydrogen-bond donors (Lipinski definition) is 2. The fourth-order valence-corrected chi connectivity index (χ4v) is 1.81. The van der Waals surface area contributed by atoms with Crippen LogP contribution in [0.1, 0.15) is 24.4 Å². The van der Waals surface area contributed by atoms with E-state index in [1.165, 1.54) is 0 Å². The molecule has 1 aliphatic carbocycles. The van der Waals surface area contributed by atoms with Crippen LogP contribution < -0.4 is 11.1 Å². The van der Waals surface area contributed by atoms with E-state index in [-0.39, 0.29) is 19.4 Å². The molecule has 17 heavy (non-hydrogen) atoms. The van der Waals surface area contributed by atoms with Crippen LogP contribution in [-0.2, 0) is 0 Å². The third-order valence-electron chi connectivity index (χ3n) is 3.18. The number of alkyl halides is 3. The molecule has 1 atom stereocenters. The average Bonchev–Trinajstić information content (AvgIpc) is 3.07. The Bertz CT molecular complexity index is 371. The standard InChI is InChI=1S/C12H15F3N2/c13-12(14,15)11(6-7-11)17-8-10(16)9-4-2-1-3-5-9/h1-5,10,17H,6-8,16H2. The molecule has 1 aliphatic rings. The largest absolute Gasteiger partial charge is 0.406 e. The van der Waals surface area contributed by atoms with Crippen LogP contribution in [0.2, 0.25) is 0 Å². The number of benzene rings is 1. The van der Waals surface area contributed by atoms with Gasteiger partial charge in [0, 0.05) is 12.6 Å². The predicted molar refractivity (Wildman–Crippen MR) is 59.4 cm³/mol. The van der Waals surface area contributed by atoms with Crippen LogP contribution in [0.5, 0.6) is 0 Å². The molecular weight excluding hydrogens is 229 g/mol. The molecule has 0 aromatic heterocycles. The molecule has 0 heterocycles. The van der Waals surface area contributed by atoms with Gasteiger partial charge in [0.25, 0.3) is 0 Å². The Balaban J connectivity index is 1.91. The van der Waals surface area contributed by atoms with E-state index in [9.17, 15) is 13.2 Å². The molecule has 1 aromatic rings. The number of hydrogen-bond acceptors (Lipinski definition) is 2. The van der Waals surface area contributed by atoms with E-state index < -0.39 is 17.8 Å². The van der Waals surface area contributed by atoms with Gasteiger partial charge in [-0.3, -0.25) is 0 Å². The first-order chi connectivity index (χ1) is 7.95. The van der Waals surface area contributed by atoms with Crippen LogP contribution in [0.3, 0.4) is 0 Å². The molecule has 0 amide bonds. The molecule has 94 valence electrons. The number of halogens is 3. The Morgan fingerprint density at radius 3 is 2.29 bits per heavy atom. The van der Waals surface area contributed by atoms with E-state index in [4.69, 9.17) is 5.73 Å². The molecular formula is C12H15F3N2.